The van der Waals surface area contributed by atoms with Gasteiger partial charge in [-0.25, -0.2) is 8.78 Å². The Balaban J connectivity index is 0.00000341. The predicted molar refractivity (Wildman–Crippen MR) is 135 cm³/mol. The molecule has 9 heteroatoms. The van der Waals surface area contributed by atoms with E-state index in [2.05, 4.69) is 38.9 Å². The van der Waals surface area contributed by atoms with Crippen molar-refractivity contribution in [1.29, 1.82) is 0 Å². The van der Waals surface area contributed by atoms with Crippen LogP contribution < -0.4 is 10.2 Å². The Bertz CT molecular complexity index is 703. The smallest absolute Gasteiger partial charge is 0.193 e. The van der Waals surface area contributed by atoms with Crippen molar-refractivity contribution in [2.24, 2.45) is 10.9 Å². The van der Waals surface area contributed by atoms with E-state index >= 15 is 0 Å². The molecule has 1 aromatic rings. The molecule has 0 bridgehead atoms. The van der Waals surface area contributed by atoms with E-state index in [0.717, 1.165) is 70.9 Å². The zero-order valence-corrected chi connectivity index (χ0v) is 21.3. The summed E-state index contributed by atoms with van der Waals surface area (Å²) in [5.41, 5.74) is 0.342. The lowest BCUT2D eigenvalue weighted by Crippen LogP contribution is -2.53. The molecular weight excluding hydrogens is 513 g/mol. The van der Waals surface area contributed by atoms with Gasteiger partial charge in [-0.2, -0.15) is 0 Å². The van der Waals surface area contributed by atoms with Gasteiger partial charge >= 0.3 is 0 Å². The summed E-state index contributed by atoms with van der Waals surface area (Å²) in [4.78, 5) is 13.6. The van der Waals surface area contributed by atoms with Crippen LogP contribution in [-0.4, -0.2) is 99.7 Å². The van der Waals surface area contributed by atoms with Crippen molar-refractivity contribution in [3.8, 4) is 0 Å². The summed E-state index contributed by atoms with van der Waals surface area (Å²) in [6.07, 6.45) is 0. The number of aliphatic imine (C=N–C) groups is 1. The quantitative estimate of drug-likeness (QED) is 0.335. The number of piperazine rings is 2. The zero-order valence-electron chi connectivity index (χ0n) is 19.0. The SMILES string of the molecule is CCN1CCN(CC(C)CNC(=NC)N2CCN(c3cc(F)ccc3F)CC2)CC1.I. The highest BCUT2D eigenvalue weighted by atomic mass is 127. The Morgan fingerprint density at radius 2 is 1.68 bits per heavy atom. The van der Waals surface area contributed by atoms with Crippen LogP contribution in [0.15, 0.2) is 23.2 Å². The van der Waals surface area contributed by atoms with E-state index in [1.54, 1.807) is 7.05 Å². The summed E-state index contributed by atoms with van der Waals surface area (Å²) in [5, 5.41) is 3.51. The maximum atomic E-state index is 14.1. The summed E-state index contributed by atoms with van der Waals surface area (Å²) in [7, 11) is 1.80. The third kappa shape index (κ3) is 7.42. The third-order valence-corrected chi connectivity index (χ3v) is 6.13. The number of hydrogen-bond donors (Lipinski definition) is 1. The molecule has 1 unspecified atom stereocenters. The average Bonchev–Trinajstić information content (AvgIpc) is 2.77. The van der Waals surface area contributed by atoms with E-state index in [9.17, 15) is 8.78 Å². The zero-order chi connectivity index (χ0) is 21.5. The second kappa shape index (κ2) is 12.7. The summed E-state index contributed by atoms with van der Waals surface area (Å²) in [6, 6.07) is 3.63. The Morgan fingerprint density at radius 1 is 1.03 bits per heavy atom. The summed E-state index contributed by atoms with van der Waals surface area (Å²) >= 11 is 0. The number of benzene rings is 1. The van der Waals surface area contributed by atoms with E-state index in [0.29, 0.717) is 24.7 Å². The molecule has 31 heavy (non-hydrogen) atoms. The highest BCUT2D eigenvalue weighted by Gasteiger charge is 2.23. The van der Waals surface area contributed by atoms with Crippen molar-refractivity contribution in [2.75, 3.05) is 83.9 Å². The lowest BCUT2D eigenvalue weighted by atomic mass is 10.1. The molecule has 2 aliphatic heterocycles. The normalized spacial score (nSPS) is 19.8. The Morgan fingerprint density at radius 3 is 2.29 bits per heavy atom. The highest BCUT2D eigenvalue weighted by molar-refractivity contribution is 14.0. The molecule has 2 heterocycles. The van der Waals surface area contributed by atoms with Gasteiger partial charge in [-0.15, -0.1) is 24.0 Å². The van der Waals surface area contributed by atoms with Crippen molar-refractivity contribution < 1.29 is 8.78 Å². The first kappa shape index (κ1) is 26.1. The van der Waals surface area contributed by atoms with Crippen LogP contribution in [0, 0.1) is 17.6 Å². The van der Waals surface area contributed by atoms with Crippen molar-refractivity contribution in [3.63, 3.8) is 0 Å². The van der Waals surface area contributed by atoms with Gasteiger partial charge in [0.2, 0.25) is 0 Å². The van der Waals surface area contributed by atoms with Crippen molar-refractivity contribution >= 4 is 35.6 Å². The minimum atomic E-state index is -0.406. The number of rotatable bonds is 6. The Kier molecular flexibility index (Phi) is 10.7. The van der Waals surface area contributed by atoms with Crippen LogP contribution in [0.4, 0.5) is 14.5 Å². The van der Waals surface area contributed by atoms with Crippen LogP contribution in [0.1, 0.15) is 13.8 Å². The summed E-state index contributed by atoms with van der Waals surface area (Å²) < 4.78 is 27.6. The third-order valence-electron chi connectivity index (χ3n) is 6.13. The van der Waals surface area contributed by atoms with Gasteiger partial charge in [0.15, 0.2) is 5.96 Å². The standard InChI is InChI=1S/C22H36F2N6.HI/c1-4-27-7-9-28(10-8-27)17-18(2)16-26-22(25-3)30-13-11-29(12-14-30)21-15-19(23)5-6-20(21)24;/h5-6,15,18H,4,7-14,16-17H2,1-3H3,(H,25,26);1H. The van der Waals surface area contributed by atoms with Gasteiger partial charge in [0.1, 0.15) is 11.6 Å². The molecule has 0 aromatic heterocycles. The van der Waals surface area contributed by atoms with E-state index < -0.39 is 5.82 Å². The fraction of sp³-hybridized carbons (Fsp3) is 0.682. The maximum absolute atomic E-state index is 14.1. The van der Waals surface area contributed by atoms with Crippen LogP contribution in [0.2, 0.25) is 0 Å². The first-order valence-corrected chi connectivity index (χ1v) is 11.1. The van der Waals surface area contributed by atoms with Gasteiger partial charge in [0, 0.05) is 78.6 Å². The number of hydrogen-bond acceptors (Lipinski definition) is 4. The van der Waals surface area contributed by atoms with Crippen LogP contribution >= 0.6 is 24.0 Å². The molecule has 2 aliphatic rings. The van der Waals surface area contributed by atoms with E-state index in [-0.39, 0.29) is 29.8 Å². The first-order chi connectivity index (χ1) is 14.5. The van der Waals surface area contributed by atoms with Gasteiger partial charge in [-0.1, -0.05) is 13.8 Å². The molecule has 0 aliphatic carbocycles. The molecule has 3 rings (SSSR count). The van der Waals surface area contributed by atoms with Gasteiger partial charge in [0.05, 0.1) is 5.69 Å². The molecule has 0 radical (unpaired) electrons. The second-order valence-electron chi connectivity index (χ2n) is 8.34. The second-order valence-corrected chi connectivity index (χ2v) is 8.34. The molecule has 2 saturated heterocycles. The molecule has 1 N–H and O–H groups in total. The molecule has 1 aromatic carbocycles. The van der Waals surface area contributed by atoms with E-state index in [1.807, 2.05) is 4.90 Å². The average molecular weight is 550 g/mol. The summed E-state index contributed by atoms with van der Waals surface area (Å²) in [5.74, 6) is 0.631. The Labute approximate surface area is 202 Å². The Hall–Kier alpha value is -1.20. The monoisotopic (exact) mass is 550 g/mol. The minimum Gasteiger partial charge on any atom is -0.366 e. The molecule has 2 fully saturated rings. The molecule has 0 spiro atoms. The van der Waals surface area contributed by atoms with Gasteiger partial charge in [-0.3, -0.25) is 4.99 Å². The summed E-state index contributed by atoms with van der Waals surface area (Å²) in [6.45, 7) is 14.9. The van der Waals surface area contributed by atoms with Crippen molar-refractivity contribution in [2.45, 2.75) is 13.8 Å². The number of anilines is 1. The highest BCUT2D eigenvalue weighted by Crippen LogP contribution is 2.22. The molecule has 0 saturated carbocycles. The topological polar surface area (TPSA) is 37.4 Å². The van der Waals surface area contributed by atoms with E-state index in [4.69, 9.17) is 0 Å². The van der Waals surface area contributed by atoms with Crippen LogP contribution in [0.3, 0.4) is 0 Å². The van der Waals surface area contributed by atoms with Crippen molar-refractivity contribution in [3.05, 3.63) is 29.8 Å². The van der Waals surface area contributed by atoms with Gasteiger partial charge < -0.3 is 24.9 Å². The molecule has 0 amide bonds. The number of guanidine groups is 1. The molecule has 1 atom stereocenters. The first-order valence-electron chi connectivity index (χ1n) is 11.1. The largest absolute Gasteiger partial charge is 0.366 e. The fourth-order valence-electron chi connectivity index (χ4n) is 4.28. The van der Waals surface area contributed by atoms with Crippen molar-refractivity contribution in [1.82, 2.24) is 20.0 Å². The number of nitrogens with zero attached hydrogens (tertiary/aromatic N) is 5. The minimum absolute atomic E-state index is 0. The van der Waals surface area contributed by atoms with E-state index in [1.165, 1.54) is 12.1 Å². The molecule has 6 nitrogen and oxygen atoms in total. The number of likely N-dealkylation sites (N-methyl/N-ethyl adjacent to an activating group) is 1. The van der Waals surface area contributed by atoms with Gasteiger partial charge in [0.25, 0.3) is 0 Å². The van der Waals surface area contributed by atoms with Crippen LogP contribution in [-0.2, 0) is 0 Å². The fourth-order valence-corrected chi connectivity index (χ4v) is 4.28. The number of nitrogens with one attached hydrogen (secondary N) is 1. The van der Waals surface area contributed by atoms with Gasteiger partial charge in [-0.05, 0) is 24.6 Å². The van der Waals surface area contributed by atoms with Crippen LogP contribution in [0.5, 0.6) is 0 Å². The maximum Gasteiger partial charge on any atom is 0.193 e. The molecular formula is C22H37F2IN6. The lowest BCUT2D eigenvalue weighted by Gasteiger charge is -2.38. The molecule has 176 valence electrons. The predicted octanol–water partition coefficient (Wildman–Crippen LogP) is 2.55. The lowest BCUT2D eigenvalue weighted by molar-refractivity contribution is 0.124. The van der Waals surface area contributed by atoms with Crippen LogP contribution in [0.25, 0.3) is 0 Å². The number of halogens is 3.